The SMILES string of the molecule is Cc1cc(C(=O)NCCC(=O)Nc2ccc(Br)cc2C)ccc1F. The molecule has 0 aliphatic heterocycles. The fourth-order valence-electron chi connectivity index (χ4n) is 2.16. The molecule has 0 aliphatic carbocycles. The number of hydrogen-bond acceptors (Lipinski definition) is 2. The first kappa shape index (κ1) is 18.1. The van der Waals surface area contributed by atoms with Crippen molar-refractivity contribution in [3.63, 3.8) is 0 Å². The third-order valence-corrected chi connectivity index (χ3v) is 4.01. The summed E-state index contributed by atoms with van der Waals surface area (Å²) in [5.41, 5.74) is 2.47. The lowest BCUT2D eigenvalue weighted by atomic mass is 10.1. The highest BCUT2D eigenvalue weighted by Gasteiger charge is 2.09. The summed E-state index contributed by atoms with van der Waals surface area (Å²) < 4.78 is 14.1. The standard InChI is InChI=1S/C18H18BrFN2O2/c1-11-9-13(3-5-15(11)20)18(24)21-8-7-17(23)22-16-6-4-14(19)10-12(16)2/h3-6,9-10H,7-8H2,1-2H3,(H,21,24)(H,22,23). The minimum atomic E-state index is -0.351. The minimum absolute atomic E-state index is 0.154. The number of hydrogen-bond donors (Lipinski definition) is 2. The van der Waals surface area contributed by atoms with E-state index >= 15 is 0 Å². The Bertz CT molecular complexity index is 778. The van der Waals surface area contributed by atoms with Gasteiger partial charge in [0.25, 0.3) is 5.91 Å². The molecule has 0 aliphatic rings. The fourth-order valence-corrected chi connectivity index (χ4v) is 2.63. The molecule has 0 fully saturated rings. The molecule has 6 heteroatoms. The lowest BCUT2D eigenvalue weighted by Crippen LogP contribution is -2.27. The number of aryl methyl sites for hydroxylation is 2. The fraction of sp³-hybridized carbons (Fsp3) is 0.222. The number of carbonyl (C=O) groups excluding carboxylic acids is 2. The van der Waals surface area contributed by atoms with Crippen molar-refractivity contribution < 1.29 is 14.0 Å². The molecule has 0 aromatic heterocycles. The van der Waals surface area contributed by atoms with Gasteiger partial charge in [-0.25, -0.2) is 4.39 Å². The quantitative estimate of drug-likeness (QED) is 0.808. The Morgan fingerprint density at radius 1 is 1.08 bits per heavy atom. The number of halogens is 2. The summed E-state index contributed by atoms with van der Waals surface area (Å²) in [5.74, 6) is -0.863. The van der Waals surface area contributed by atoms with E-state index < -0.39 is 0 Å². The smallest absolute Gasteiger partial charge is 0.251 e. The van der Waals surface area contributed by atoms with E-state index in [4.69, 9.17) is 0 Å². The summed E-state index contributed by atoms with van der Waals surface area (Å²) in [6.07, 6.45) is 0.154. The minimum Gasteiger partial charge on any atom is -0.352 e. The van der Waals surface area contributed by atoms with Crippen LogP contribution >= 0.6 is 15.9 Å². The average molecular weight is 393 g/mol. The molecule has 0 atom stereocenters. The molecule has 0 heterocycles. The summed E-state index contributed by atoms with van der Waals surface area (Å²) in [5, 5.41) is 5.46. The maximum Gasteiger partial charge on any atom is 0.251 e. The van der Waals surface area contributed by atoms with Gasteiger partial charge in [-0.15, -0.1) is 0 Å². The molecular formula is C18H18BrFN2O2. The normalized spacial score (nSPS) is 10.3. The van der Waals surface area contributed by atoms with Crippen LogP contribution < -0.4 is 10.6 Å². The first-order valence-electron chi connectivity index (χ1n) is 7.47. The molecule has 24 heavy (non-hydrogen) atoms. The summed E-state index contributed by atoms with van der Waals surface area (Å²) in [6, 6.07) is 9.73. The lowest BCUT2D eigenvalue weighted by molar-refractivity contribution is -0.116. The van der Waals surface area contributed by atoms with Crippen molar-refractivity contribution in [1.29, 1.82) is 0 Å². The number of amides is 2. The van der Waals surface area contributed by atoms with E-state index in [1.165, 1.54) is 18.2 Å². The second-order valence-electron chi connectivity index (χ2n) is 5.48. The zero-order valence-corrected chi connectivity index (χ0v) is 15.0. The molecule has 126 valence electrons. The van der Waals surface area contributed by atoms with Crippen molar-refractivity contribution in [2.24, 2.45) is 0 Å². The van der Waals surface area contributed by atoms with Gasteiger partial charge in [-0.3, -0.25) is 9.59 Å². The van der Waals surface area contributed by atoms with Gasteiger partial charge >= 0.3 is 0 Å². The number of rotatable bonds is 5. The predicted octanol–water partition coefficient (Wildman–Crippen LogP) is 3.96. The van der Waals surface area contributed by atoms with Crippen LogP contribution in [0, 0.1) is 19.7 Å². The highest BCUT2D eigenvalue weighted by atomic mass is 79.9. The molecule has 2 N–H and O–H groups in total. The van der Waals surface area contributed by atoms with E-state index in [1.807, 2.05) is 25.1 Å². The molecule has 0 saturated heterocycles. The van der Waals surface area contributed by atoms with Crippen LogP contribution in [0.25, 0.3) is 0 Å². The van der Waals surface area contributed by atoms with E-state index in [1.54, 1.807) is 6.92 Å². The van der Waals surface area contributed by atoms with E-state index in [0.717, 1.165) is 15.7 Å². The van der Waals surface area contributed by atoms with E-state index in [9.17, 15) is 14.0 Å². The molecule has 0 unspecified atom stereocenters. The average Bonchev–Trinajstić information content (AvgIpc) is 2.52. The zero-order chi connectivity index (χ0) is 17.7. The third-order valence-electron chi connectivity index (χ3n) is 3.52. The predicted molar refractivity (Wildman–Crippen MR) is 95.6 cm³/mol. The number of anilines is 1. The van der Waals surface area contributed by atoms with E-state index in [-0.39, 0.29) is 30.6 Å². The van der Waals surface area contributed by atoms with Gasteiger partial charge in [0.05, 0.1) is 0 Å². The lowest BCUT2D eigenvalue weighted by Gasteiger charge is -2.09. The van der Waals surface area contributed by atoms with Gasteiger partial charge < -0.3 is 10.6 Å². The Kier molecular flexibility index (Phi) is 6.09. The molecule has 0 saturated carbocycles. The Hall–Kier alpha value is -2.21. The van der Waals surface area contributed by atoms with Gasteiger partial charge in [0.15, 0.2) is 0 Å². The van der Waals surface area contributed by atoms with Gasteiger partial charge in [-0.1, -0.05) is 15.9 Å². The van der Waals surface area contributed by atoms with Gasteiger partial charge in [0.2, 0.25) is 5.91 Å². The maximum atomic E-state index is 13.2. The number of carbonyl (C=O) groups is 2. The molecule has 4 nitrogen and oxygen atoms in total. The van der Waals surface area contributed by atoms with Crippen LogP contribution in [0.3, 0.4) is 0 Å². The molecule has 0 bridgehead atoms. The second kappa shape index (κ2) is 8.06. The number of nitrogens with one attached hydrogen (secondary N) is 2. The van der Waals surface area contributed by atoms with E-state index in [0.29, 0.717) is 11.1 Å². The maximum absolute atomic E-state index is 13.2. The van der Waals surface area contributed by atoms with Crippen molar-refractivity contribution in [2.75, 3.05) is 11.9 Å². The molecule has 2 aromatic rings. The summed E-state index contributed by atoms with van der Waals surface area (Å²) in [4.78, 5) is 23.9. The van der Waals surface area contributed by atoms with Crippen LogP contribution in [0.4, 0.5) is 10.1 Å². The van der Waals surface area contributed by atoms with Crippen molar-refractivity contribution in [1.82, 2.24) is 5.32 Å². The van der Waals surface area contributed by atoms with Crippen molar-refractivity contribution in [3.8, 4) is 0 Å². The molecular weight excluding hydrogens is 375 g/mol. The van der Waals surface area contributed by atoms with Crippen LogP contribution in [-0.4, -0.2) is 18.4 Å². The highest BCUT2D eigenvalue weighted by molar-refractivity contribution is 9.10. The van der Waals surface area contributed by atoms with Gasteiger partial charge in [-0.05, 0) is 61.4 Å². The van der Waals surface area contributed by atoms with Crippen LogP contribution in [0.5, 0.6) is 0 Å². The second-order valence-corrected chi connectivity index (χ2v) is 6.39. The summed E-state index contributed by atoms with van der Waals surface area (Å²) >= 11 is 3.37. The van der Waals surface area contributed by atoms with Crippen molar-refractivity contribution >= 4 is 33.4 Å². The first-order chi connectivity index (χ1) is 11.4. The Morgan fingerprint density at radius 3 is 2.50 bits per heavy atom. The third kappa shape index (κ3) is 4.89. The molecule has 0 radical (unpaired) electrons. The summed E-state index contributed by atoms with van der Waals surface area (Å²) in [6.45, 7) is 3.70. The largest absolute Gasteiger partial charge is 0.352 e. The van der Waals surface area contributed by atoms with Crippen LogP contribution in [0.1, 0.15) is 27.9 Å². The van der Waals surface area contributed by atoms with Crippen LogP contribution in [-0.2, 0) is 4.79 Å². The van der Waals surface area contributed by atoms with E-state index in [2.05, 4.69) is 26.6 Å². The Labute approximate surface area is 148 Å². The van der Waals surface area contributed by atoms with Gasteiger partial charge in [0.1, 0.15) is 5.82 Å². The van der Waals surface area contributed by atoms with Gasteiger partial charge in [0, 0.05) is 28.7 Å². The monoisotopic (exact) mass is 392 g/mol. The van der Waals surface area contributed by atoms with Crippen LogP contribution in [0.2, 0.25) is 0 Å². The molecule has 2 aromatic carbocycles. The Morgan fingerprint density at radius 2 is 1.83 bits per heavy atom. The van der Waals surface area contributed by atoms with Crippen LogP contribution in [0.15, 0.2) is 40.9 Å². The molecule has 0 spiro atoms. The number of benzene rings is 2. The summed E-state index contributed by atoms with van der Waals surface area (Å²) in [7, 11) is 0. The highest BCUT2D eigenvalue weighted by Crippen LogP contribution is 2.20. The van der Waals surface area contributed by atoms with Crippen molar-refractivity contribution in [3.05, 3.63) is 63.4 Å². The molecule has 2 amide bonds. The Balaban J connectivity index is 1.83. The molecule has 2 rings (SSSR count). The van der Waals surface area contributed by atoms with Crippen molar-refractivity contribution in [2.45, 2.75) is 20.3 Å². The topological polar surface area (TPSA) is 58.2 Å². The van der Waals surface area contributed by atoms with Gasteiger partial charge in [-0.2, -0.15) is 0 Å². The first-order valence-corrected chi connectivity index (χ1v) is 8.26. The zero-order valence-electron chi connectivity index (χ0n) is 13.5.